The maximum Gasteiger partial charge on any atom is 0.231 e. The lowest BCUT2D eigenvalue weighted by Gasteiger charge is -1.97. The molecule has 0 saturated carbocycles. The fourth-order valence-electron chi connectivity index (χ4n) is 1.78. The van der Waals surface area contributed by atoms with Crippen LogP contribution in [0.5, 0.6) is 11.5 Å². The third-order valence-corrected chi connectivity index (χ3v) is 3.54. The highest BCUT2D eigenvalue weighted by Crippen LogP contribution is 2.38. The quantitative estimate of drug-likeness (QED) is 0.926. The summed E-state index contributed by atoms with van der Waals surface area (Å²) in [6.45, 7) is 2.23. The van der Waals surface area contributed by atoms with Crippen molar-refractivity contribution < 1.29 is 14.3 Å². The van der Waals surface area contributed by atoms with E-state index < -0.39 is 0 Å². The second-order valence-electron chi connectivity index (χ2n) is 3.99. The molecule has 1 aromatic carbocycles. The number of carbonyl (C=O) groups excluding carboxylic acids is 1. The van der Waals surface area contributed by atoms with Gasteiger partial charge in [-0.2, -0.15) is 0 Å². The maximum absolute atomic E-state index is 11.5. The molecule has 18 heavy (non-hydrogen) atoms. The van der Waals surface area contributed by atoms with E-state index in [1.54, 1.807) is 0 Å². The lowest BCUT2D eigenvalue weighted by atomic mass is 10.3. The van der Waals surface area contributed by atoms with Crippen molar-refractivity contribution in [2.24, 2.45) is 0 Å². The van der Waals surface area contributed by atoms with Crippen LogP contribution in [-0.2, 0) is 4.79 Å². The summed E-state index contributed by atoms with van der Waals surface area (Å²) in [5.41, 5.74) is 0.816. The summed E-state index contributed by atoms with van der Waals surface area (Å²) in [6, 6.07) is 3.73. The van der Waals surface area contributed by atoms with E-state index in [0.29, 0.717) is 17.3 Å². The van der Waals surface area contributed by atoms with Gasteiger partial charge in [0.2, 0.25) is 12.7 Å². The van der Waals surface area contributed by atoms with Crippen molar-refractivity contribution in [2.45, 2.75) is 19.8 Å². The molecule has 1 amide bonds. The molecular formula is C12H12N2O3S. The molecule has 94 valence electrons. The van der Waals surface area contributed by atoms with Gasteiger partial charge < -0.3 is 14.8 Å². The van der Waals surface area contributed by atoms with E-state index in [1.165, 1.54) is 11.3 Å². The molecule has 0 atom stereocenters. The van der Waals surface area contributed by atoms with Gasteiger partial charge in [-0.05, 0) is 6.42 Å². The zero-order valence-corrected chi connectivity index (χ0v) is 10.7. The molecule has 1 N–H and O–H groups in total. The Morgan fingerprint density at radius 2 is 2.22 bits per heavy atom. The summed E-state index contributed by atoms with van der Waals surface area (Å²) < 4.78 is 11.6. The normalized spacial score (nSPS) is 12.9. The molecule has 0 unspecified atom stereocenters. The summed E-state index contributed by atoms with van der Waals surface area (Å²) in [5.74, 6) is 1.44. The SMILES string of the molecule is CCCC(=O)Nc1nc2cc3c(cc2s1)OCO3. The average molecular weight is 264 g/mol. The monoisotopic (exact) mass is 264 g/mol. The molecule has 0 spiro atoms. The van der Waals surface area contributed by atoms with Crippen LogP contribution in [0.2, 0.25) is 0 Å². The molecule has 0 saturated heterocycles. The molecule has 3 rings (SSSR count). The van der Waals surface area contributed by atoms with Crippen molar-refractivity contribution in [3.63, 3.8) is 0 Å². The minimum atomic E-state index is -0.00315. The predicted octanol–water partition coefficient (Wildman–Crippen LogP) is 2.76. The van der Waals surface area contributed by atoms with Crippen LogP contribution in [0, 0.1) is 0 Å². The van der Waals surface area contributed by atoms with Crippen LogP contribution < -0.4 is 14.8 Å². The van der Waals surface area contributed by atoms with E-state index >= 15 is 0 Å². The highest BCUT2D eigenvalue weighted by molar-refractivity contribution is 7.22. The van der Waals surface area contributed by atoms with Gasteiger partial charge in [0.15, 0.2) is 16.6 Å². The number of aromatic nitrogens is 1. The topological polar surface area (TPSA) is 60.5 Å². The van der Waals surface area contributed by atoms with Gasteiger partial charge in [-0.25, -0.2) is 4.98 Å². The lowest BCUT2D eigenvalue weighted by Crippen LogP contribution is -2.09. The minimum absolute atomic E-state index is 0.00315. The highest BCUT2D eigenvalue weighted by atomic mass is 32.1. The predicted molar refractivity (Wildman–Crippen MR) is 69.3 cm³/mol. The number of anilines is 1. The van der Waals surface area contributed by atoms with Gasteiger partial charge in [0, 0.05) is 18.6 Å². The molecule has 6 heteroatoms. The number of fused-ring (bicyclic) bond motifs is 2. The third kappa shape index (κ3) is 1.99. The zero-order valence-electron chi connectivity index (χ0n) is 9.86. The van der Waals surface area contributed by atoms with Gasteiger partial charge in [-0.15, -0.1) is 0 Å². The van der Waals surface area contributed by atoms with Crippen LogP contribution in [0.1, 0.15) is 19.8 Å². The molecule has 5 nitrogen and oxygen atoms in total. The maximum atomic E-state index is 11.5. The largest absolute Gasteiger partial charge is 0.454 e. The van der Waals surface area contributed by atoms with Crippen LogP contribution in [0.25, 0.3) is 10.2 Å². The standard InChI is InChI=1S/C12H12N2O3S/c1-2-3-11(15)14-12-13-7-4-8-9(17-6-16-8)5-10(7)18-12/h4-5H,2-3,6H2,1H3,(H,13,14,15). The summed E-state index contributed by atoms with van der Waals surface area (Å²) in [7, 11) is 0. The Kier molecular flexibility index (Phi) is 2.79. The molecule has 0 fully saturated rings. The Balaban J connectivity index is 1.90. The van der Waals surface area contributed by atoms with Crippen molar-refractivity contribution in [3.8, 4) is 11.5 Å². The third-order valence-electron chi connectivity index (χ3n) is 2.61. The number of hydrogen-bond acceptors (Lipinski definition) is 5. The minimum Gasteiger partial charge on any atom is -0.454 e. The van der Waals surface area contributed by atoms with Crippen LogP contribution in [0.3, 0.4) is 0 Å². The van der Waals surface area contributed by atoms with Crippen molar-refractivity contribution in [2.75, 3.05) is 12.1 Å². The van der Waals surface area contributed by atoms with Gasteiger partial charge in [-0.1, -0.05) is 18.3 Å². The smallest absolute Gasteiger partial charge is 0.231 e. The van der Waals surface area contributed by atoms with E-state index in [-0.39, 0.29) is 12.7 Å². The van der Waals surface area contributed by atoms with Crippen molar-refractivity contribution >= 4 is 32.6 Å². The van der Waals surface area contributed by atoms with E-state index in [9.17, 15) is 4.79 Å². The Bertz CT molecular complexity index is 568. The van der Waals surface area contributed by atoms with Crippen molar-refractivity contribution in [1.82, 2.24) is 4.98 Å². The molecule has 0 radical (unpaired) electrons. The molecular weight excluding hydrogens is 252 g/mol. The van der Waals surface area contributed by atoms with Crippen LogP contribution in [-0.4, -0.2) is 17.7 Å². The van der Waals surface area contributed by atoms with Crippen molar-refractivity contribution in [1.29, 1.82) is 0 Å². The first-order valence-electron chi connectivity index (χ1n) is 5.76. The highest BCUT2D eigenvalue weighted by Gasteiger charge is 2.16. The van der Waals surface area contributed by atoms with Gasteiger partial charge in [0.05, 0.1) is 10.2 Å². The fraction of sp³-hybridized carbons (Fsp3) is 0.333. The van der Waals surface area contributed by atoms with Gasteiger partial charge in [0.25, 0.3) is 0 Å². The Morgan fingerprint density at radius 3 is 3.00 bits per heavy atom. The number of amides is 1. The Hall–Kier alpha value is -1.82. The molecule has 0 bridgehead atoms. The van der Waals surface area contributed by atoms with E-state index in [1.807, 2.05) is 19.1 Å². The second kappa shape index (κ2) is 4.45. The first-order chi connectivity index (χ1) is 8.76. The zero-order chi connectivity index (χ0) is 12.5. The van der Waals surface area contributed by atoms with Crippen LogP contribution in [0.4, 0.5) is 5.13 Å². The van der Waals surface area contributed by atoms with E-state index in [0.717, 1.165) is 22.4 Å². The molecule has 1 aliphatic heterocycles. The number of nitrogens with zero attached hydrogens (tertiary/aromatic N) is 1. The molecule has 1 aliphatic rings. The molecule has 1 aromatic heterocycles. The summed E-state index contributed by atoms with van der Waals surface area (Å²) in [5, 5.41) is 3.41. The van der Waals surface area contributed by atoms with E-state index in [2.05, 4.69) is 10.3 Å². The summed E-state index contributed by atoms with van der Waals surface area (Å²) in [6.07, 6.45) is 1.34. The number of rotatable bonds is 3. The van der Waals surface area contributed by atoms with Crippen LogP contribution >= 0.6 is 11.3 Å². The second-order valence-corrected chi connectivity index (χ2v) is 5.02. The lowest BCUT2D eigenvalue weighted by molar-refractivity contribution is -0.116. The van der Waals surface area contributed by atoms with Crippen LogP contribution in [0.15, 0.2) is 12.1 Å². The molecule has 0 aliphatic carbocycles. The number of hydrogen-bond donors (Lipinski definition) is 1. The van der Waals surface area contributed by atoms with Gasteiger partial charge in [-0.3, -0.25) is 4.79 Å². The van der Waals surface area contributed by atoms with Gasteiger partial charge >= 0.3 is 0 Å². The Morgan fingerprint density at radius 1 is 1.44 bits per heavy atom. The average Bonchev–Trinajstić information content (AvgIpc) is 2.90. The number of ether oxygens (including phenoxy) is 2. The number of thiazole rings is 1. The number of carbonyl (C=O) groups is 1. The first-order valence-corrected chi connectivity index (χ1v) is 6.58. The molecule has 2 heterocycles. The number of benzene rings is 1. The molecule has 2 aromatic rings. The number of nitrogens with one attached hydrogen (secondary N) is 1. The first kappa shape index (κ1) is 11.3. The summed E-state index contributed by atoms with van der Waals surface area (Å²) in [4.78, 5) is 15.9. The van der Waals surface area contributed by atoms with Gasteiger partial charge in [0.1, 0.15) is 0 Å². The summed E-state index contributed by atoms with van der Waals surface area (Å²) >= 11 is 1.44. The Labute approximate surface area is 108 Å². The van der Waals surface area contributed by atoms with E-state index in [4.69, 9.17) is 9.47 Å². The fourth-order valence-corrected chi connectivity index (χ4v) is 2.67. The van der Waals surface area contributed by atoms with Crippen molar-refractivity contribution in [3.05, 3.63) is 12.1 Å².